The molecule has 1 nitrogen and oxygen atoms in total. The molecule has 0 aromatic rings. The molecule has 0 aromatic carbocycles. The highest BCUT2D eigenvalue weighted by Gasteiger charge is 2.25. The standard InChI is InChI=1S/C13H24OSi/c1-10(2)12-8-7-11(3)13(9-12)14-15(4,5)6/h12H,1,7-9H2,2-6H3/t12-/m1/s1. The fraction of sp³-hybridized carbons (Fsp3) is 0.692. The van der Waals surface area contributed by atoms with Crippen molar-refractivity contribution in [2.75, 3.05) is 0 Å². The first-order chi connectivity index (χ1) is 6.79. The first-order valence-corrected chi connectivity index (χ1v) is 9.23. The van der Waals surface area contributed by atoms with Gasteiger partial charge in [-0.1, -0.05) is 12.2 Å². The van der Waals surface area contributed by atoms with E-state index in [2.05, 4.69) is 40.1 Å². The van der Waals surface area contributed by atoms with Crippen molar-refractivity contribution in [3.63, 3.8) is 0 Å². The highest BCUT2D eigenvalue weighted by atomic mass is 28.4. The van der Waals surface area contributed by atoms with Crippen molar-refractivity contribution in [3.8, 4) is 0 Å². The monoisotopic (exact) mass is 224 g/mol. The van der Waals surface area contributed by atoms with Crippen LogP contribution < -0.4 is 0 Å². The maximum atomic E-state index is 6.15. The molecule has 0 aliphatic heterocycles. The third-order valence-corrected chi connectivity index (χ3v) is 3.76. The highest BCUT2D eigenvalue weighted by molar-refractivity contribution is 6.70. The van der Waals surface area contributed by atoms with Crippen molar-refractivity contribution in [2.45, 2.75) is 52.8 Å². The minimum atomic E-state index is -1.44. The molecule has 1 aliphatic carbocycles. The highest BCUT2D eigenvalue weighted by Crippen LogP contribution is 2.34. The molecular weight excluding hydrogens is 200 g/mol. The van der Waals surface area contributed by atoms with Gasteiger partial charge in [0, 0.05) is 6.42 Å². The summed E-state index contributed by atoms with van der Waals surface area (Å²) in [6.45, 7) is 15.2. The first-order valence-electron chi connectivity index (χ1n) is 5.82. The smallest absolute Gasteiger partial charge is 0.241 e. The van der Waals surface area contributed by atoms with E-state index in [0.29, 0.717) is 5.92 Å². The van der Waals surface area contributed by atoms with E-state index in [1.807, 2.05) is 0 Å². The van der Waals surface area contributed by atoms with Gasteiger partial charge in [0.15, 0.2) is 0 Å². The van der Waals surface area contributed by atoms with Gasteiger partial charge < -0.3 is 4.43 Å². The summed E-state index contributed by atoms with van der Waals surface area (Å²) < 4.78 is 6.15. The molecule has 0 saturated carbocycles. The topological polar surface area (TPSA) is 9.23 Å². The summed E-state index contributed by atoms with van der Waals surface area (Å²) in [6.07, 6.45) is 3.50. The maximum Gasteiger partial charge on any atom is 0.241 e. The predicted octanol–water partition coefficient (Wildman–Crippen LogP) is 4.49. The fourth-order valence-electron chi connectivity index (χ4n) is 1.95. The first kappa shape index (κ1) is 12.6. The number of hydrogen-bond acceptors (Lipinski definition) is 1. The lowest BCUT2D eigenvalue weighted by Gasteiger charge is -2.31. The molecule has 0 radical (unpaired) electrons. The summed E-state index contributed by atoms with van der Waals surface area (Å²) in [4.78, 5) is 0. The van der Waals surface area contributed by atoms with Gasteiger partial charge in [0.2, 0.25) is 8.32 Å². The zero-order valence-electron chi connectivity index (χ0n) is 10.8. The van der Waals surface area contributed by atoms with E-state index in [0.717, 1.165) is 6.42 Å². The van der Waals surface area contributed by atoms with E-state index in [1.54, 1.807) is 0 Å². The number of rotatable bonds is 3. The number of hydrogen-bond donors (Lipinski definition) is 0. The molecule has 0 aromatic heterocycles. The maximum absolute atomic E-state index is 6.15. The van der Waals surface area contributed by atoms with Gasteiger partial charge in [-0.2, -0.15) is 0 Å². The van der Waals surface area contributed by atoms with E-state index in [1.165, 1.54) is 29.7 Å². The van der Waals surface area contributed by atoms with Gasteiger partial charge in [-0.3, -0.25) is 0 Å². The Bertz CT molecular complexity index is 283. The molecule has 2 heteroatoms. The van der Waals surface area contributed by atoms with E-state index in [4.69, 9.17) is 4.43 Å². The molecule has 0 saturated heterocycles. The lowest BCUT2D eigenvalue weighted by molar-refractivity contribution is 0.340. The molecule has 0 bridgehead atoms. The summed E-state index contributed by atoms with van der Waals surface area (Å²) >= 11 is 0. The van der Waals surface area contributed by atoms with Crippen molar-refractivity contribution >= 4 is 8.32 Å². The average molecular weight is 224 g/mol. The van der Waals surface area contributed by atoms with Gasteiger partial charge in [-0.05, 0) is 57.8 Å². The van der Waals surface area contributed by atoms with Gasteiger partial charge in [-0.25, -0.2) is 0 Å². The Labute approximate surface area is 95.4 Å². The van der Waals surface area contributed by atoms with Gasteiger partial charge in [0.1, 0.15) is 0 Å². The molecule has 1 atom stereocenters. The lowest BCUT2D eigenvalue weighted by Crippen LogP contribution is -2.27. The summed E-state index contributed by atoms with van der Waals surface area (Å²) in [5.41, 5.74) is 2.76. The Kier molecular flexibility index (Phi) is 3.82. The Morgan fingerprint density at radius 2 is 2.00 bits per heavy atom. The Morgan fingerprint density at radius 3 is 2.47 bits per heavy atom. The van der Waals surface area contributed by atoms with E-state index in [-0.39, 0.29) is 0 Å². The minimum Gasteiger partial charge on any atom is -0.547 e. The zero-order valence-corrected chi connectivity index (χ0v) is 11.8. The molecule has 86 valence electrons. The number of allylic oxidation sites excluding steroid dienone is 3. The molecule has 0 unspecified atom stereocenters. The summed E-state index contributed by atoms with van der Waals surface area (Å²) in [7, 11) is -1.44. The Morgan fingerprint density at radius 1 is 1.40 bits per heavy atom. The molecule has 0 spiro atoms. The second-order valence-corrected chi connectivity index (χ2v) is 10.1. The lowest BCUT2D eigenvalue weighted by atomic mass is 9.85. The molecule has 0 amide bonds. The van der Waals surface area contributed by atoms with Crippen LogP contribution in [0.2, 0.25) is 19.6 Å². The van der Waals surface area contributed by atoms with Gasteiger partial charge in [-0.15, -0.1) is 0 Å². The fourth-order valence-corrected chi connectivity index (χ4v) is 2.95. The molecular formula is C13H24OSi. The van der Waals surface area contributed by atoms with E-state index in [9.17, 15) is 0 Å². The van der Waals surface area contributed by atoms with Crippen molar-refractivity contribution < 1.29 is 4.43 Å². The molecule has 0 N–H and O–H groups in total. The SMILES string of the molecule is C=C(C)[C@@H]1CCC(C)=C(O[Si](C)(C)C)C1. The van der Waals surface area contributed by atoms with Gasteiger partial charge in [0.25, 0.3) is 0 Å². The van der Waals surface area contributed by atoms with E-state index >= 15 is 0 Å². The van der Waals surface area contributed by atoms with Crippen LogP contribution in [-0.2, 0) is 4.43 Å². The van der Waals surface area contributed by atoms with Crippen molar-refractivity contribution in [2.24, 2.45) is 5.92 Å². The van der Waals surface area contributed by atoms with Crippen LogP contribution in [0.15, 0.2) is 23.5 Å². The minimum absolute atomic E-state index is 0.639. The normalized spacial score (nSPS) is 22.9. The van der Waals surface area contributed by atoms with Crippen molar-refractivity contribution in [3.05, 3.63) is 23.5 Å². The predicted molar refractivity (Wildman–Crippen MR) is 69.3 cm³/mol. The van der Waals surface area contributed by atoms with Gasteiger partial charge in [0.05, 0.1) is 5.76 Å². The van der Waals surface area contributed by atoms with Crippen LogP contribution in [0.4, 0.5) is 0 Å². The third kappa shape index (κ3) is 3.86. The van der Waals surface area contributed by atoms with E-state index < -0.39 is 8.32 Å². The van der Waals surface area contributed by atoms with Crippen molar-refractivity contribution in [1.29, 1.82) is 0 Å². The Hall–Kier alpha value is -0.503. The zero-order chi connectivity index (χ0) is 11.6. The Balaban J connectivity index is 2.73. The van der Waals surface area contributed by atoms with Crippen LogP contribution in [0, 0.1) is 5.92 Å². The van der Waals surface area contributed by atoms with Gasteiger partial charge >= 0.3 is 0 Å². The summed E-state index contributed by atoms with van der Waals surface area (Å²) in [5, 5.41) is 0. The largest absolute Gasteiger partial charge is 0.547 e. The second-order valence-electron chi connectivity index (χ2n) is 5.70. The third-order valence-electron chi connectivity index (χ3n) is 2.90. The van der Waals surface area contributed by atoms with Crippen LogP contribution in [0.3, 0.4) is 0 Å². The van der Waals surface area contributed by atoms with Crippen molar-refractivity contribution in [1.82, 2.24) is 0 Å². The van der Waals surface area contributed by atoms with Crippen LogP contribution in [0.5, 0.6) is 0 Å². The molecule has 1 aliphatic rings. The quantitative estimate of drug-likeness (QED) is 0.507. The summed E-state index contributed by atoms with van der Waals surface area (Å²) in [5.74, 6) is 1.90. The average Bonchev–Trinajstić information content (AvgIpc) is 2.06. The molecule has 0 heterocycles. The van der Waals surface area contributed by atoms with Crippen LogP contribution in [-0.4, -0.2) is 8.32 Å². The molecule has 15 heavy (non-hydrogen) atoms. The molecule has 1 rings (SSSR count). The second kappa shape index (κ2) is 4.56. The summed E-state index contributed by atoms with van der Waals surface area (Å²) in [6, 6.07) is 0. The van der Waals surface area contributed by atoms with Crippen LogP contribution in [0.25, 0.3) is 0 Å². The van der Waals surface area contributed by atoms with Crippen LogP contribution in [0.1, 0.15) is 33.1 Å². The van der Waals surface area contributed by atoms with Crippen LogP contribution >= 0.6 is 0 Å². The molecule has 0 fully saturated rings.